The van der Waals surface area contributed by atoms with Crippen molar-refractivity contribution in [2.24, 2.45) is 10.4 Å². The second-order valence-corrected chi connectivity index (χ2v) is 6.65. The summed E-state index contributed by atoms with van der Waals surface area (Å²) in [5.74, 6) is 1.47. The van der Waals surface area contributed by atoms with Crippen LogP contribution in [0.4, 0.5) is 0 Å². The second-order valence-electron chi connectivity index (χ2n) is 6.65. The highest BCUT2D eigenvalue weighted by molar-refractivity contribution is 5.79. The van der Waals surface area contributed by atoms with E-state index in [4.69, 9.17) is 9.47 Å². The van der Waals surface area contributed by atoms with Crippen LogP contribution in [0.2, 0.25) is 0 Å². The van der Waals surface area contributed by atoms with E-state index in [1.807, 2.05) is 19.2 Å². The molecule has 1 saturated carbocycles. The van der Waals surface area contributed by atoms with Crippen molar-refractivity contribution < 1.29 is 9.47 Å². The average molecular weight is 348 g/mol. The molecule has 0 radical (unpaired) electrons. The largest absolute Gasteiger partial charge is 0.475 e. The Morgan fingerprint density at radius 3 is 2.76 bits per heavy atom. The molecule has 0 saturated heterocycles. The molecule has 0 spiro atoms. The summed E-state index contributed by atoms with van der Waals surface area (Å²) in [4.78, 5) is 8.66. The maximum absolute atomic E-state index is 5.68. The van der Waals surface area contributed by atoms with Crippen LogP contribution in [-0.4, -0.2) is 44.9 Å². The highest BCUT2D eigenvalue weighted by Crippen LogP contribution is 2.40. The summed E-state index contributed by atoms with van der Waals surface area (Å²) in [6.07, 6.45) is 8.28. The van der Waals surface area contributed by atoms with Crippen molar-refractivity contribution in [3.8, 4) is 5.88 Å². The van der Waals surface area contributed by atoms with Gasteiger partial charge in [0.2, 0.25) is 5.88 Å². The van der Waals surface area contributed by atoms with Crippen LogP contribution >= 0.6 is 0 Å². The zero-order valence-corrected chi connectivity index (χ0v) is 15.8. The number of hydrogen-bond donors (Lipinski definition) is 2. The molecule has 6 heteroatoms. The van der Waals surface area contributed by atoms with Crippen molar-refractivity contribution in [3.63, 3.8) is 0 Å². The van der Waals surface area contributed by atoms with Gasteiger partial charge in [0, 0.05) is 39.0 Å². The van der Waals surface area contributed by atoms with E-state index in [9.17, 15) is 0 Å². The predicted octanol–water partition coefficient (Wildman–Crippen LogP) is 2.74. The van der Waals surface area contributed by atoms with Crippen LogP contribution in [0.5, 0.6) is 5.88 Å². The third kappa shape index (κ3) is 5.88. The van der Waals surface area contributed by atoms with Crippen LogP contribution < -0.4 is 15.4 Å². The first-order valence-electron chi connectivity index (χ1n) is 9.23. The summed E-state index contributed by atoms with van der Waals surface area (Å²) in [6, 6.07) is 3.93. The molecule has 1 aliphatic rings. The topological polar surface area (TPSA) is 67.8 Å². The molecule has 0 amide bonds. The van der Waals surface area contributed by atoms with E-state index in [0.717, 1.165) is 18.1 Å². The third-order valence-electron chi connectivity index (χ3n) is 5.09. The highest BCUT2D eigenvalue weighted by atomic mass is 16.5. The van der Waals surface area contributed by atoms with Crippen molar-refractivity contribution in [2.75, 3.05) is 33.9 Å². The average Bonchev–Trinajstić information content (AvgIpc) is 3.12. The molecule has 2 N–H and O–H groups in total. The molecule has 25 heavy (non-hydrogen) atoms. The van der Waals surface area contributed by atoms with Crippen LogP contribution in [0.3, 0.4) is 0 Å². The van der Waals surface area contributed by atoms with Gasteiger partial charge < -0.3 is 20.1 Å². The minimum absolute atomic E-state index is 0.431. The fraction of sp³-hybridized carbons (Fsp3) is 0.684. The van der Waals surface area contributed by atoms with Gasteiger partial charge in [-0.2, -0.15) is 0 Å². The van der Waals surface area contributed by atoms with Gasteiger partial charge in [-0.15, -0.1) is 0 Å². The molecule has 0 unspecified atom stereocenters. The Hall–Kier alpha value is -1.82. The Morgan fingerprint density at radius 2 is 2.08 bits per heavy atom. The van der Waals surface area contributed by atoms with E-state index >= 15 is 0 Å². The Bertz CT molecular complexity index is 542. The van der Waals surface area contributed by atoms with Gasteiger partial charge in [-0.25, -0.2) is 4.98 Å². The van der Waals surface area contributed by atoms with E-state index in [2.05, 4.69) is 27.5 Å². The number of ether oxygens (including phenoxy) is 2. The Kier molecular flexibility index (Phi) is 7.98. The molecule has 1 aliphatic carbocycles. The number of rotatable bonds is 9. The Labute approximate surface area is 151 Å². The maximum atomic E-state index is 5.68. The molecule has 1 aromatic heterocycles. The number of hydrogen-bond acceptors (Lipinski definition) is 4. The lowest BCUT2D eigenvalue weighted by Gasteiger charge is -2.28. The van der Waals surface area contributed by atoms with Gasteiger partial charge in [0.15, 0.2) is 5.96 Å². The van der Waals surface area contributed by atoms with Crippen molar-refractivity contribution >= 4 is 5.96 Å². The normalized spacial score (nSPS) is 16.7. The Morgan fingerprint density at radius 1 is 1.28 bits per heavy atom. The third-order valence-corrected chi connectivity index (χ3v) is 5.09. The van der Waals surface area contributed by atoms with Crippen LogP contribution in [0.25, 0.3) is 0 Å². The van der Waals surface area contributed by atoms with E-state index < -0.39 is 0 Å². The molecule has 140 valence electrons. The minimum Gasteiger partial charge on any atom is -0.475 e. The second kappa shape index (κ2) is 10.2. The minimum atomic E-state index is 0.431. The van der Waals surface area contributed by atoms with Crippen molar-refractivity contribution in [3.05, 3.63) is 23.9 Å². The van der Waals surface area contributed by atoms with Gasteiger partial charge in [-0.3, -0.25) is 4.99 Å². The van der Waals surface area contributed by atoms with Crippen LogP contribution in [-0.2, 0) is 11.3 Å². The van der Waals surface area contributed by atoms with E-state index in [1.54, 1.807) is 13.3 Å². The lowest BCUT2D eigenvalue weighted by molar-refractivity contribution is 0.143. The Balaban J connectivity index is 1.86. The first-order valence-corrected chi connectivity index (χ1v) is 9.23. The number of methoxy groups -OCH3 is 1. The smallest absolute Gasteiger partial charge is 0.218 e. The van der Waals surface area contributed by atoms with Gasteiger partial charge in [-0.1, -0.05) is 25.8 Å². The lowest BCUT2D eigenvalue weighted by Crippen LogP contribution is -2.42. The van der Waals surface area contributed by atoms with E-state index in [0.29, 0.717) is 31.1 Å². The first-order chi connectivity index (χ1) is 12.2. The molecule has 1 heterocycles. The fourth-order valence-electron chi connectivity index (χ4n) is 3.36. The molecule has 0 bridgehead atoms. The number of nitrogens with one attached hydrogen (secondary N) is 2. The first kappa shape index (κ1) is 19.5. The molecule has 1 fully saturated rings. The summed E-state index contributed by atoms with van der Waals surface area (Å²) in [6.45, 7) is 4.93. The summed E-state index contributed by atoms with van der Waals surface area (Å²) >= 11 is 0. The molecule has 0 aliphatic heterocycles. The number of aliphatic imine (C=N–C) groups is 1. The summed E-state index contributed by atoms with van der Waals surface area (Å²) < 4.78 is 10.7. The number of pyridine rings is 1. The molecule has 0 atom stereocenters. The van der Waals surface area contributed by atoms with Crippen molar-refractivity contribution in [1.29, 1.82) is 0 Å². The zero-order valence-electron chi connectivity index (χ0n) is 15.8. The van der Waals surface area contributed by atoms with Crippen LogP contribution in [0, 0.1) is 5.41 Å². The standard InChI is InChI=1S/C19H32N4O2/c1-4-19(9-5-6-10-19)15-23-18(20-2)22-14-16-8-7-11-21-17(16)25-13-12-24-3/h7-8,11H,4-6,9-10,12-15H2,1-3H3,(H2,20,22,23). The van der Waals surface area contributed by atoms with Gasteiger partial charge in [-0.05, 0) is 30.7 Å². The predicted molar refractivity (Wildman–Crippen MR) is 101 cm³/mol. The molecule has 0 aromatic carbocycles. The van der Waals surface area contributed by atoms with Gasteiger partial charge in [0.1, 0.15) is 6.61 Å². The molecular weight excluding hydrogens is 316 g/mol. The number of nitrogens with zero attached hydrogens (tertiary/aromatic N) is 2. The van der Waals surface area contributed by atoms with Gasteiger partial charge in [0.25, 0.3) is 0 Å². The number of guanidine groups is 1. The van der Waals surface area contributed by atoms with E-state index in [1.165, 1.54) is 32.1 Å². The van der Waals surface area contributed by atoms with E-state index in [-0.39, 0.29) is 0 Å². The van der Waals surface area contributed by atoms with Gasteiger partial charge in [0.05, 0.1) is 6.61 Å². The van der Waals surface area contributed by atoms with Crippen LogP contribution in [0.15, 0.2) is 23.3 Å². The SMILES string of the molecule is CCC1(CNC(=NC)NCc2cccnc2OCCOC)CCCC1. The molecule has 6 nitrogen and oxygen atoms in total. The molecule has 2 rings (SSSR count). The summed E-state index contributed by atoms with van der Waals surface area (Å²) in [5.41, 5.74) is 1.44. The number of aromatic nitrogens is 1. The monoisotopic (exact) mass is 348 g/mol. The zero-order chi connectivity index (χ0) is 18.0. The molecule has 1 aromatic rings. The summed E-state index contributed by atoms with van der Waals surface area (Å²) in [7, 11) is 3.47. The lowest BCUT2D eigenvalue weighted by atomic mass is 9.83. The highest BCUT2D eigenvalue weighted by Gasteiger charge is 2.31. The maximum Gasteiger partial charge on any atom is 0.218 e. The molecular formula is C19H32N4O2. The fourth-order valence-corrected chi connectivity index (χ4v) is 3.36. The quantitative estimate of drug-likeness (QED) is 0.408. The van der Waals surface area contributed by atoms with Gasteiger partial charge >= 0.3 is 0 Å². The van der Waals surface area contributed by atoms with Crippen molar-refractivity contribution in [2.45, 2.75) is 45.6 Å². The summed E-state index contributed by atoms with van der Waals surface area (Å²) in [5, 5.41) is 6.87. The van der Waals surface area contributed by atoms with Crippen molar-refractivity contribution in [1.82, 2.24) is 15.6 Å². The van der Waals surface area contributed by atoms with Crippen LogP contribution in [0.1, 0.15) is 44.6 Å².